The monoisotopic (exact) mass is 274 g/mol. The van der Waals surface area contributed by atoms with E-state index in [1.807, 2.05) is 0 Å². The maximum Gasteiger partial charge on any atom is 0.152 e. The van der Waals surface area contributed by atoms with E-state index in [2.05, 4.69) is 31.1 Å². The van der Waals surface area contributed by atoms with Crippen molar-refractivity contribution in [2.24, 2.45) is 5.92 Å². The fourth-order valence-electron chi connectivity index (χ4n) is 3.41. The van der Waals surface area contributed by atoms with Crippen LogP contribution in [0.4, 0.5) is 0 Å². The molecular weight excluding hydrogens is 248 g/mol. The molecule has 0 aromatic carbocycles. The van der Waals surface area contributed by atoms with E-state index >= 15 is 0 Å². The first-order valence-corrected chi connectivity index (χ1v) is 8.78. The van der Waals surface area contributed by atoms with E-state index in [4.69, 9.17) is 0 Å². The van der Waals surface area contributed by atoms with Gasteiger partial charge < -0.3 is 10.2 Å². The number of hydrogen-bond acceptors (Lipinski definition) is 4. The molecule has 5 heteroatoms. The minimum absolute atomic E-state index is 0.214. The van der Waals surface area contributed by atoms with Crippen LogP contribution in [0.15, 0.2) is 0 Å². The molecule has 2 saturated heterocycles. The molecule has 0 bridgehead atoms. The Hall–Kier alpha value is -0.130. The zero-order chi connectivity index (χ0) is 13.4. The molecule has 0 aromatic rings. The molecule has 0 spiro atoms. The Labute approximate surface area is 111 Å². The van der Waals surface area contributed by atoms with Crippen molar-refractivity contribution in [3.63, 3.8) is 0 Å². The number of piperidine rings is 1. The van der Waals surface area contributed by atoms with Crippen molar-refractivity contribution >= 4 is 9.84 Å². The molecule has 1 N–H and O–H groups in total. The van der Waals surface area contributed by atoms with Gasteiger partial charge >= 0.3 is 0 Å². The Morgan fingerprint density at radius 1 is 1.44 bits per heavy atom. The summed E-state index contributed by atoms with van der Waals surface area (Å²) in [7, 11) is -0.647. The lowest BCUT2D eigenvalue weighted by Crippen LogP contribution is -2.53. The van der Waals surface area contributed by atoms with Crippen LogP contribution < -0.4 is 5.32 Å². The number of hydrogen-bond donors (Lipinski definition) is 1. The van der Waals surface area contributed by atoms with Gasteiger partial charge in [-0.05, 0) is 52.6 Å². The van der Waals surface area contributed by atoms with Crippen LogP contribution in [0.25, 0.3) is 0 Å². The molecule has 0 saturated carbocycles. The highest BCUT2D eigenvalue weighted by Gasteiger charge is 2.40. The van der Waals surface area contributed by atoms with Gasteiger partial charge in [0, 0.05) is 18.1 Å². The lowest BCUT2D eigenvalue weighted by atomic mass is 9.89. The molecule has 18 heavy (non-hydrogen) atoms. The van der Waals surface area contributed by atoms with E-state index in [9.17, 15) is 8.42 Å². The van der Waals surface area contributed by atoms with Gasteiger partial charge in [0.1, 0.15) is 0 Å². The standard InChI is InChI=1S/C13H26N2O2S/c1-11(12-5-4-7-15(3)9-12)14-13(2)6-8-18(16,17)10-13/h11-12,14H,4-10H2,1-3H3. The van der Waals surface area contributed by atoms with Gasteiger partial charge in [-0.2, -0.15) is 0 Å². The highest BCUT2D eigenvalue weighted by molar-refractivity contribution is 7.91. The van der Waals surface area contributed by atoms with Gasteiger partial charge in [0.25, 0.3) is 0 Å². The molecule has 0 aromatic heterocycles. The molecule has 2 heterocycles. The Kier molecular flexibility index (Phi) is 4.04. The second kappa shape index (κ2) is 5.10. The maximum atomic E-state index is 11.6. The van der Waals surface area contributed by atoms with Gasteiger partial charge in [-0.3, -0.25) is 0 Å². The molecule has 3 unspecified atom stereocenters. The molecule has 3 atom stereocenters. The number of nitrogens with zero attached hydrogens (tertiary/aromatic N) is 1. The van der Waals surface area contributed by atoms with E-state index in [1.54, 1.807) is 0 Å². The first-order valence-electron chi connectivity index (χ1n) is 6.96. The van der Waals surface area contributed by atoms with Gasteiger partial charge in [-0.15, -0.1) is 0 Å². The minimum atomic E-state index is -2.81. The molecular formula is C13H26N2O2S. The molecule has 4 nitrogen and oxygen atoms in total. The first kappa shape index (κ1) is 14.3. The van der Waals surface area contributed by atoms with Crippen molar-refractivity contribution in [1.29, 1.82) is 0 Å². The van der Waals surface area contributed by atoms with Gasteiger partial charge in [-0.25, -0.2) is 8.42 Å². The quantitative estimate of drug-likeness (QED) is 0.830. The smallest absolute Gasteiger partial charge is 0.152 e. The maximum absolute atomic E-state index is 11.6. The van der Waals surface area contributed by atoms with Crippen LogP contribution in [-0.2, 0) is 9.84 Å². The van der Waals surface area contributed by atoms with Crippen molar-refractivity contribution < 1.29 is 8.42 Å². The van der Waals surface area contributed by atoms with Crippen LogP contribution in [0.1, 0.15) is 33.1 Å². The van der Waals surface area contributed by atoms with Crippen LogP contribution in [0, 0.1) is 5.92 Å². The summed E-state index contributed by atoms with van der Waals surface area (Å²) in [5.41, 5.74) is -0.214. The van der Waals surface area contributed by atoms with Gasteiger partial charge in [0.15, 0.2) is 9.84 Å². The average Bonchev–Trinajstić information content (AvgIpc) is 2.52. The second-order valence-electron chi connectivity index (χ2n) is 6.50. The van der Waals surface area contributed by atoms with E-state index in [0.29, 0.717) is 23.5 Å². The Balaban J connectivity index is 1.93. The normalized spacial score (nSPS) is 38.7. The molecule has 106 valence electrons. The van der Waals surface area contributed by atoms with Crippen molar-refractivity contribution in [3.8, 4) is 0 Å². The van der Waals surface area contributed by atoms with Crippen LogP contribution in [0.3, 0.4) is 0 Å². The minimum Gasteiger partial charge on any atom is -0.308 e. The van der Waals surface area contributed by atoms with Crippen molar-refractivity contribution in [3.05, 3.63) is 0 Å². The largest absolute Gasteiger partial charge is 0.308 e. The van der Waals surface area contributed by atoms with Crippen LogP contribution in [0.5, 0.6) is 0 Å². The molecule has 2 aliphatic rings. The van der Waals surface area contributed by atoms with Gasteiger partial charge in [0.05, 0.1) is 11.5 Å². The Morgan fingerprint density at radius 3 is 2.72 bits per heavy atom. The van der Waals surface area contributed by atoms with Gasteiger partial charge in [-0.1, -0.05) is 0 Å². The summed E-state index contributed by atoms with van der Waals surface area (Å²) in [4.78, 5) is 2.38. The molecule has 2 fully saturated rings. The van der Waals surface area contributed by atoms with Crippen molar-refractivity contribution in [1.82, 2.24) is 10.2 Å². The average molecular weight is 274 g/mol. The SMILES string of the molecule is CC(NC1(C)CCS(=O)(=O)C1)C1CCCN(C)C1. The van der Waals surface area contributed by atoms with E-state index < -0.39 is 9.84 Å². The van der Waals surface area contributed by atoms with E-state index in [0.717, 1.165) is 13.0 Å². The lowest BCUT2D eigenvalue weighted by molar-refractivity contribution is 0.163. The fourth-order valence-corrected chi connectivity index (χ4v) is 5.51. The number of rotatable bonds is 3. The summed E-state index contributed by atoms with van der Waals surface area (Å²) in [6, 6.07) is 0.394. The zero-order valence-corrected chi connectivity index (χ0v) is 12.6. The predicted octanol–water partition coefficient (Wildman–Crippen LogP) is 0.884. The number of nitrogens with one attached hydrogen (secondary N) is 1. The molecule has 2 aliphatic heterocycles. The highest BCUT2D eigenvalue weighted by Crippen LogP contribution is 2.26. The van der Waals surface area contributed by atoms with E-state index in [1.165, 1.54) is 19.4 Å². The summed E-state index contributed by atoms with van der Waals surface area (Å²) >= 11 is 0. The first-order chi connectivity index (χ1) is 8.30. The Morgan fingerprint density at radius 2 is 2.17 bits per heavy atom. The van der Waals surface area contributed by atoms with Crippen LogP contribution in [0.2, 0.25) is 0 Å². The topological polar surface area (TPSA) is 49.4 Å². The summed E-state index contributed by atoms with van der Waals surface area (Å²) in [5.74, 6) is 1.28. The third-order valence-electron chi connectivity index (χ3n) is 4.45. The summed E-state index contributed by atoms with van der Waals surface area (Å²) in [5, 5.41) is 3.60. The van der Waals surface area contributed by atoms with E-state index in [-0.39, 0.29) is 5.54 Å². The van der Waals surface area contributed by atoms with Crippen LogP contribution in [-0.4, -0.2) is 56.5 Å². The second-order valence-corrected chi connectivity index (χ2v) is 8.68. The lowest BCUT2D eigenvalue weighted by Gasteiger charge is -2.38. The summed E-state index contributed by atoms with van der Waals surface area (Å²) in [6.07, 6.45) is 3.26. The zero-order valence-electron chi connectivity index (χ0n) is 11.8. The fraction of sp³-hybridized carbons (Fsp3) is 1.00. The number of likely N-dealkylation sites (tertiary alicyclic amines) is 1. The summed E-state index contributed by atoms with van der Waals surface area (Å²) in [6.45, 7) is 6.58. The summed E-state index contributed by atoms with van der Waals surface area (Å²) < 4.78 is 23.2. The third-order valence-corrected chi connectivity index (χ3v) is 6.35. The van der Waals surface area contributed by atoms with Crippen molar-refractivity contribution in [2.75, 3.05) is 31.6 Å². The number of sulfone groups is 1. The molecule has 0 aliphatic carbocycles. The molecule has 0 amide bonds. The molecule has 0 radical (unpaired) electrons. The van der Waals surface area contributed by atoms with Crippen LogP contribution >= 0.6 is 0 Å². The third kappa shape index (κ3) is 3.45. The highest BCUT2D eigenvalue weighted by atomic mass is 32.2. The Bertz CT molecular complexity index is 396. The van der Waals surface area contributed by atoms with Gasteiger partial charge in [0.2, 0.25) is 0 Å². The molecule has 2 rings (SSSR count). The van der Waals surface area contributed by atoms with Crippen molar-refractivity contribution in [2.45, 2.75) is 44.7 Å². The predicted molar refractivity (Wildman–Crippen MR) is 74.5 cm³/mol.